The molecule has 3 unspecified atom stereocenters. The van der Waals surface area contributed by atoms with E-state index in [0.717, 1.165) is 44.9 Å². The molecular weight excluding hydrogens is 456 g/mol. The lowest BCUT2D eigenvalue weighted by Gasteiger charge is -2.35. The molecule has 2 heterocycles. The van der Waals surface area contributed by atoms with Crippen LogP contribution in [-0.2, 0) is 25.5 Å². The van der Waals surface area contributed by atoms with Crippen LogP contribution in [0.1, 0.15) is 76.0 Å². The van der Waals surface area contributed by atoms with Gasteiger partial charge in [-0.25, -0.2) is 0 Å². The number of carbonyl (C=O) groups excluding carboxylic acids is 3. The summed E-state index contributed by atoms with van der Waals surface area (Å²) in [6.07, 6.45) is 6.82. The molecule has 3 N–H and O–H groups in total. The fourth-order valence-corrected chi connectivity index (χ4v) is 6.76. The van der Waals surface area contributed by atoms with Gasteiger partial charge >= 0.3 is 0 Å². The smallest absolute Gasteiger partial charge is 0.248 e. The minimum Gasteiger partial charge on any atom is -0.355 e. The van der Waals surface area contributed by atoms with Crippen LogP contribution >= 0.6 is 0 Å². The van der Waals surface area contributed by atoms with Crippen molar-refractivity contribution >= 4 is 17.7 Å². The third-order valence-corrected chi connectivity index (χ3v) is 8.84. The zero-order valence-electron chi connectivity index (χ0n) is 21.7. The highest BCUT2D eigenvalue weighted by molar-refractivity contribution is 5.94. The van der Waals surface area contributed by atoms with E-state index in [2.05, 4.69) is 28.1 Å². The first kappa shape index (κ1) is 25.2. The Labute approximate surface area is 213 Å². The Hall–Kier alpha value is -2.45. The fourth-order valence-electron chi connectivity index (χ4n) is 6.76. The lowest BCUT2D eigenvalue weighted by atomic mass is 9.80. The van der Waals surface area contributed by atoms with Crippen molar-refractivity contribution in [2.45, 2.75) is 102 Å². The van der Waals surface area contributed by atoms with Crippen LogP contribution in [0.5, 0.6) is 0 Å². The molecule has 1 aromatic rings. The average molecular weight is 497 g/mol. The SMILES string of the molecule is CN[C@@H](C)C(=O)N[C@@H]1C(=O)N2[C@H](CC(C)[C@H]2C(=O)N[C@@H]2CCCc3ccccc32)OC2CCCCC21. The van der Waals surface area contributed by atoms with Crippen LogP contribution in [-0.4, -0.2) is 60.1 Å². The highest BCUT2D eigenvalue weighted by Gasteiger charge is 2.54. The first-order chi connectivity index (χ1) is 17.4. The number of benzene rings is 1. The fraction of sp³-hybridized carbons (Fsp3) is 0.679. The first-order valence-electron chi connectivity index (χ1n) is 13.7. The minimum absolute atomic E-state index is 0.0366. The van der Waals surface area contributed by atoms with Crippen LogP contribution in [0.25, 0.3) is 0 Å². The number of nitrogens with zero attached hydrogens (tertiary/aromatic N) is 1. The molecule has 8 nitrogen and oxygen atoms in total. The van der Waals surface area contributed by atoms with Gasteiger partial charge in [0.25, 0.3) is 0 Å². The molecule has 2 saturated heterocycles. The third-order valence-electron chi connectivity index (χ3n) is 8.84. The van der Waals surface area contributed by atoms with Crippen molar-refractivity contribution < 1.29 is 19.1 Å². The highest BCUT2D eigenvalue weighted by Crippen LogP contribution is 2.41. The summed E-state index contributed by atoms with van der Waals surface area (Å²) in [4.78, 5) is 42.4. The molecule has 3 amide bonds. The second-order valence-electron chi connectivity index (χ2n) is 11.1. The zero-order chi connectivity index (χ0) is 25.4. The molecule has 8 heteroatoms. The number of nitrogens with one attached hydrogen (secondary N) is 3. The Morgan fingerprint density at radius 2 is 1.86 bits per heavy atom. The average Bonchev–Trinajstić information content (AvgIpc) is 3.17. The summed E-state index contributed by atoms with van der Waals surface area (Å²) >= 11 is 0. The van der Waals surface area contributed by atoms with Gasteiger partial charge in [-0.15, -0.1) is 0 Å². The summed E-state index contributed by atoms with van der Waals surface area (Å²) in [7, 11) is 1.73. The van der Waals surface area contributed by atoms with E-state index >= 15 is 0 Å². The van der Waals surface area contributed by atoms with Crippen molar-refractivity contribution in [3.8, 4) is 0 Å². The van der Waals surface area contributed by atoms with Crippen molar-refractivity contribution in [2.24, 2.45) is 11.8 Å². The van der Waals surface area contributed by atoms with E-state index in [-0.39, 0.29) is 41.7 Å². The van der Waals surface area contributed by atoms with Crippen LogP contribution < -0.4 is 16.0 Å². The molecule has 0 aromatic heterocycles. The lowest BCUT2D eigenvalue weighted by Crippen LogP contribution is -2.59. The number of hydrogen-bond acceptors (Lipinski definition) is 5. The van der Waals surface area contributed by atoms with Gasteiger partial charge in [0.2, 0.25) is 17.7 Å². The Kier molecular flexibility index (Phi) is 7.35. The molecule has 2 aliphatic heterocycles. The summed E-state index contributed by atoms with van der Waals surface area (Å²) in [6, 6.07) is 6.54. The lowest BCUT2D eigenvalue weighted by molar-refractivity contribution is -0.151. The van der Waals surface area contributed by atoms with E-state index in [0.29, 0.717) is 6.42 Å². The van der Waals surface area contributed by atoms with Gasteiger partial charge in [0.15, 0.2) is 0 Å². The maximum Gasteiger partial charge on any atom is 0.248 e. The van der Waals surface area contributed by atoms with Crippen molar-refractivity contribution in [3.05, 3.63) is 35.4 Å². The van der Waals surface area contributed by atoms with E-state index in [1.54, 1.807) is 18.9 Å². The summed E-state index contributed by atoms with van der Waals surface area (Å²) in [5.41, 5.74) is 2.46. The van der Waals surface area contributed by atoms with Crippen molar-refractivity contribution in [1.29, 1.82) is 0 Å². The first-order valence-corrected chi connectivity index (χ1v) is 13.7. The molecule has 8 atom stereocenters. The molecule has 3 fully saturated rings. The van der Waals surface area contributed by atoms with E-state index < -0.39 is 24.4 Å². The number of carbonyl (C=O) groups is 3. The van der Waals surface area contributed by atoms with Gasteiger partial charge in [-0.05, 0) is 69.5 Å². The van der Waals surface area contributed by atoms with Crippen molar-refractivity contribution in [1.82, 2.24) is 20.9 Å². The number of fused-ring (bicyclic) bond motifs is 3. The molecule has 1 saturated carbocycles. The van der Waals surface area contributed by atoms with Gasteiger partial charge in [0.1, 0.15) is 18.3 Å². The Balaban J connectivity index is 1.41. The summed E-state index contributed by atoms with van der Waals surface area (Å²) in [6.45, 7) is 3.81. The number of hydrogen-bond donors (Lipinski definition) is 3. The third kappa shape index (κ3) is 4.65. The van der Waals surface area contributed by atoms with E-state index in [9.17, 15) is 14.4 Å². The summed E-state index contributed by atoms with van der Waals surface area (Å²) in [5, 5.41) is 9.28. The quantitative estimate of drug-likeness (QED) is 0.582. The molecule has 5 rings (SSSR count). The number of amides is 3. The molecular formula is C28H40N4O4. The normalized spacial score (nSPS) is 34.6. The van der Waals surface area contributed by atoms with Crippen molar-refractivity contribution in [2.75, 3.05) is 7.05 Å². The van der Waals surface area contributed by atoms with Crippen LogP contribution in [0.15, 0.2) is 24.3 Å². The minimum atomic E-state index is -0.681. The second kappa shape index (κ2) is 10.5. The maximum atomic E-state index is 14.1. The van der Waals surface area contributed by atoms with Crippen LogP contribution in [0.4, 0.5) is 0 Å². The van der Waals surface area contributed by atoms with E-state index in [4.69, 9.17) is 4.74 Å². The molecule has 196 valence electrons. The molecule has 2 aliphatic carbocycles. The molecule has 0 bridgehead atoms. The van der Waals surface area contributed by atoms with Gasteiger partial charge in [0, 0.05) is 5.92 Å². The molecule has 36 heavy (non-hydrogen) atoms. The van der Waals surface area contributed by atoms with Gasteiger partial charge in [-0.2, -0.15) is 0 Å². The van der Waals surface area contributed by atoms with Crippen LogP contribution in [0.3, 0.4) is 0 Å². The van der Waals surface area contributed by atoms with Gasteiger partial charge in [-0.1, -0.05) is 44.0 Å². The second-order valence-corrected chi connectivity index (χ2v) is 11.1. The number of aryl methyl sites for hydroxylation is 1. The molecule has 1 aromatic carbocycles. The number of likely N-dealkylation sites (N-methyl/N-ethyl adjacent to an activating group) is 1. The maximum absolute atomic E-state index is 14.1. The standard InChI is InChI=1S/C28H40N4O4/c1-16-15-23-32(25(16)27(34)30-21-13-8-10-18-9-4-5-11-19(18)21)28(35)24(31-26(33)17(2)29-3)20-12-6-7-14-22(20)36-23/h4-5,9,11,16-17,20-25,29H,6-8,10,12-15H2,1-3H3,(H,30,34)(H,31,33)/t16?,17-,20?,21+,22?,23-,24-,25-/m0/s1. The Morgan fingerprint density at radius 1 is 1.08 bits per heavy atom. The monoisotopic (exact) mass is 496 g/mol. The van der Waals surface area contributed by atoms with Crippen LogP contribution in [0.2, 0.25) is 0 Å². The predicted octanol–water partition coefficient (Wildman–Crippen LogP) is 2.43. The van der Waals surface area contributed by atoms with Crippen molar-refractivity contribution in [3.63, 3.8) is 0 Å². The predicted molar refractivity (Wildman–Crippen MR) is 136 cm³/mol. The van der Waals surface area contributed by atoms with Gasteiger partial charge in [-0.3, -0.25) is 14.4 Å². The molecule has 4 aliphatic rings. The van der Waals surface area contributed by atoms with Gasteiger partial charge in [0.05, 0.1) is 18.2 Å². The number of rotatable bonds is 5. The van der Waals surface area contributed by atoms with E-state index in [1.807, 2.05) is 19.1 Å². The van der Waals surface area contributed by atoms with Crippen LogP contribution in [0, 0.1) is 11.8 Å². The Morgan fingerprint density at radius 3 is 2.67 bits per heavy atom. The zero-order valence-corrected chi connectivity index (χ0v) is 21.7. The van der Waals surface area contributed by atoms with Gasteiger partial charge < -0.3 is 25.6 Å². The Bertz CT molecular complexity index is 1000. The largest absolute Gasteiger partial charge is 0.355 e. The summed E-state index contributed by atoms with van der Waals surface area (Å²) in [5.74, 6) is -0.618. The topological polar surface area (TPSA) is 99.8 Å². The molecule has 0 spiro atoms. The number of ether oxygens (including phenoxy) is 1. The molecule has 0 radical (unpaired) electrons. The summed E-state index contributed by atoms with van der Waals surface area (Å²) < 4.78 is 6.56. The highest BCUT2D eigenvalue weighted by atomic mass is 16.5. The van der Waals surface area contributed by atoms with E-state index in [1.165, 1.54) is 11.1 Å².